The van der Waals surface area contributed by atoms with Gasteiger partial charge in [0.1, 0.15) is 5.60 Å². The number of nitrogens with one attached hydrogen (secondary N) is 1. The van der Waals surface area contributed by atoms with Gasteiger partial charge in [0.25, 0.3) is 11.7 Å². The number of aromatic nitrogens is 4. The van der Waals surface area contributed by atoms with Crippen LogP contribution in [0.15, 0.2) is 6.07 Å². The number of aryl methyl sites for hydroxylation is 2. The normalized spacial score (nSPS) is 14.2. The second kappa shape index (κ2) is 5.14. The van der Waals surface area contributed by atoms with E-state index in [2.05, 4.69) is 20.4 Å². The zero-order valence-electron chi connectivity index (χ0n) is 11.6. The van der Waals surface area contributed by atoms with Crippen LogP contribution < -0.4 is 5.32 Å². The maximum absolute atomic E-state index is 11.9. The molecule has 0 fully saturated rings. The van der Waals surface area contributed by atoms with Crippen LogP contribution in [0.5, 0.6) is 0 Å². The third-order valence-corrected chi connectivity index (χ3v) is 2.79. The van der Waals surface area contributed by atoms with Crippen LogP contribution >= 0.6 is 0 Å². The molecule has 8 nitrogen and oxygen atoms in total. The molecule has 0 saturated carbocycles. The molecule has 0 bridgehead atoms. The van der Waals surface area contributed by atoms with E-state index in [4.69, 9.17) is 5.11 Å². The number of carbonyl (C=O) groups is 1. The molecule has 0 radical (unpaired) electrons. The minimum atomic E-state index is -1.38. The average molecular weight is 279 g/mol. The Bertz CT molecular complexity index is 650. The topological polar surface area (TPSA) is 113 Å². The quantitative estimate of drug-likeness (QED) is 0.676. The standard InChI is InChI=1S/C12H17N5O3/c1-7-4-8(2)17-11(14-7)15-9(16-17)10(19)13-5-12(3,20)6-18/h4,18,20H,5-6H2,1-3H3,(H,13,19). The predicted octanol–water partition coefficient (Wildman–Crippen LogP) is -0.786. The maximum atomic E-state index is 11.9. The number of hydrogen-bond donors (Lipinski definition) is 3. The van der Waals surface area contributed by atoms with Gasteiger partial charge in [0.05, 0.1) is 6.61 Å². The van der Waals surface area contributed by atoms with E-state index >= 15 is 0 Å². The summed E-state index contributed by atoms with van der Waals surface area (Å²) in [4.78, 5) is 20.1. The van der Waals surface area contributed by atoms with E-state index in [-0.39, 0.29) is 12.4 Å². The molecule has 0 saturated heterocycles. The van der Waals surface area contributed by atoms with Crippen LogP contribution in [0.3, 0.4) is 0 Å². The van der Waals surface area contributed by atoms with Crippen molar-refractivity contribution < 1.29 is 15.0 Å². The molecule has 2 rings (SSSR count). The molecule has 0 aromatic carbocycles. The third kappa shape index (κ3) is 2.91. The van der Waals surface area contributed by atoms with Gasteiger partial charge in [0.2, 0.25) is 5.82 Å². The Morgan fingerprint density at radius 2 is 2.15 bits per heavy atom. The number of rotatable bonds is 4. The van der Waals surface area contributed by atoms with Gasteiger partial charge in [-0.25, -0.2) is 9.50 Å². The Kier molecular flexibility index (Phi) is 3.69. The van der Waals surface area contributed by atoms with Crippen molar-refractivity contribution in [2.24, 2.45) is 0 Å². The highest BCUT2D eigenvalue weighted by Crippen LogP contribution is 2.06. The van der Waals surface area contributed by atoms with Crippen molar-refractivity contribution in [3.63, 3.8) is 0 Å². The van der Waals surface area contributed by atoms with Crippen LogP contribution in [-0.2, 0) is 0 Å². The predicted molar refractivity (Wildman–Crippen MR) is 70.3 cm³/mol. The van der Waals surface area contributed by atoms with Gasteiger partial charge in [-0.3, -0.25) is 4.79 Å². The number of hydrogen-bond acceptors (Lipinski definition) is 6. The van der Waals surface area contributed by atoms with Crippen molar-refractivity contribution >= 4 is 11.7 Å². The lowest BCUT2D eigenvalue weighted by molar-refractivity contribution is 0.00312. The summed E-state index contributed by atoms with van der Waals surface area (Å²) >= 11 is 0. The van der Waals surface area contributed by atoms with E-state index in [1.165, 1.54) is 11.4 Å². The first-order chi connectivity index (χ1) is 9.32. The summed E-state index contributed by atoms with van der Waals surface area (Å²) in [6.45, 7) is 4.54. The molecule has 0 aliphatic carbocycles. The van der Waals surface area contributed by atoms with Crippen LogP contribution in [0.25, 0.3) is 5.78 Å². The van der Waals surface area contributed by atoms with E-state index in [1.807, 2.05) is 19.9 Å². The molecular formula is C12H17N5O3. The van der Waals surface area contributed by atoms with Crippen molar-refractivity contribution in [3.05, 3.63) is 23.3 Å². The summed E-state index contributed by atoms with van der Waals surface area (Å²) in [5.74, 6) is -0.206. The highest BCUT2D eigenvalue weighted by atomic mass is 16.3. The van der Waals surface area contributed by atoms with E-state index in [1.54, 1.807) is 0 Å². The van der Waals surface area contributed by atoms with Gasteiger partial charge in [-0.15, -0.1) is 5.10 Å². The van der Waals surface area contributed by atoms with Crippen LogP contribution in [0.1, 0.15) is 28.9 Å². The van der Waals surface area contributed by atoms with E-state index in [0.717, 1.165) is 11.4 Å². The van der Waals surface area contributed by atoms with Crippen molar-refractivity contribution in [1.82, 2.24) is 24.9 Å². The first-order valence-corrected chi connectivity index (χ1v) is 6.15. The van der Waals surface area contributed by atoms with Crippen LogP contribution in [0.4, 0.5) is 0 Å². The Hall–Kier alpha value is -2.06. The first-order valence-electron chi connectivity index (χ1n) is 6.15. The molecule has 20 heavy (non-hydrogen) atoms. The monoisotopic (exact) mass is 279 g/mol. The molecular weight excluding hydrogens is 262 g/mol. The number of carbonyl (C=O) groups excluding carboxylic acids is 1. The molecule has 3 N–H and O–H groups in total. The second-order valence-corrected chi connectivity index (χ2v) is 5.02. The fourth-order valence-corrected chi connectivity index (χ4v) is 1.67. The van der Waals surface area contributed by atoms with Crippen molar-refractivity contribution in [1.29, 1.82) is 0 Å². The molecule has 8 heteroatoms. The maximum Gasteiger partial charge on any atom is 0.291 e. The Labute approximate surface area is 115 Å². The number of nitrogens with zero attached hydrogens (tertiary/aromatic N) is 4. The van der Waals surface area contributed by atoms with Crippen LogP contribution in [0.2, 0.25) is 0 Å². The Morgan fingerprint density at radius 3 is 2.80 bits per heavy atom. The van der Waals surface area contributed by atoms with E-state index < -0.39 is 18.1 Å². The van der Waals surface area contributed by atoms with Crippen molar-refractivity contribution in [2.75, 3.05) is 13.2 Å². The SMILES string of the molecule is Cc1cc(C)n2nc(C(=O)NCC(C)(O)CO)nc2n1. The largest absolute Gasteiger partial charge is 0.393 e. The van der Waals surface area contributed by atoms with Gasteiger partial charge >= 0.3 is 0 Å². The second-order valence-electron chi connectivity index (χ2n) is 5.02. The van der Waals surface area contributed by atoms with Gasteiger partial charge < -0.3 is 15.5 Å². The summed E-state index contributed by atoms with van der Waals surface area (Å²) in [5.41, 5.74) is 0.235. The first kappa shape index (κ1) is 14.4. The van der Waals surface area contributed by atoms with E-state index in [9.17, 15) is 9.90 Å². The molecule has 1 unspecified atom stereocenters. The van der Waals surface area contributed by atoms with Crippen LogP contribution in [-0.4, -0.2) is 54.5 Å². The lowest BCUT2D eigenvalue weighted by Gasteiger charge is -2.19. The van der Waals surface area contributed by atoms with E-state index in [0.29, 0.717) is 5.78 Å². The number of fused-ring (bicyclic) bond motifs is 1. The third-order valence-electron chi connectivity index (χ3n) is 2.79. The van der Waals surface area contributed by atoms with Gasteiger partial charge in [-0.05, 0) is 26.8 Å². The fourth-order valence-electron chi connectivity index (χ4n) is 1.67. The molecule has 2 aromatic rings. The fraction of sp³-hybridized carbons (Fsp3) is 0.500. The Balaban J connectivity index is 2.21. The number of amides is 1. The van der Waals surface area contributed by atoms with Gasteiger partial charge in [-0.2, -0.15) is 4.98 Å². The van der Waals surface area contributed by atoms with Gasteiger partial charge in [-0.1, -0.05) is 0 Å². The smallest absolute Gasteiger partial charge is 0.291 e. The lowest BCUT2D eigenvalue weighted by atomic mass is 10.1. The molecule has 2 heterocycles. The minimum Gasteiger partial charge on any atom is -0.393 e. The van der Waals surface area contributed by atoms with Gasteiger partial charge in [0.15, 0.2) is 0 Å². The molecule has 0 aliphatic rings. The minimum absolute atomic E-state index is 0.0278. The van der Waals surface area contributed by atoms with Crippen molar-refractivity contribution in [3.8, 4) is 0 Å². The number of aliphatic hydroxyl groups excluding tert-OH is 1. The molecule has 0 aliphatic heterocycles. The zero-order chi connectivity index (χ0) is 14.9. The summed E-state index contributed by atoms with van der Waals surface area (Å²) in [5, 5.41) is 25.1. The summed E-state index contributed by atoms with van der Waals surface area (Å²) in [6.07, 6.45) is 0. The van der Waals surface area contributed by atoms with Crippen molar-refractivity contribution in [2.45, 2.75) is 26.4 Å². The number of aliphatic hydroxyl groups is 2. The molecule has 0 spiro atoms. The summed E-state index contributed by atoms with van der Waals surface area (Å²) in [6, 6.07) is 1.83. The van der Waals surface area contributed by atoms with Crippen LogP contribution in [0, 0.1) is 13.8 Å². The molecule has 1 amide bonds. The average Bonchev–Trinajstić information content (AvgIpc) is 2.80. The summed E-state index contributed by atoms with van der Waals surface area (Å²) in [7, 11) is 0. The molecule has 2 aromatic heterocycles. The summed E-state index contributed by atoms with van der Waals surface area (Å²) < 4.78 is 1.48. The lowest BCUT2D eigenvalue weighted by Crippen LogP contribution is -2.43. The Morgan fingerprint density at radius 1 is 1.45 bits per heavy atom. The highest BCUT2D eigenvalue weighted by Gasteiger charge is 2.22. The van der Waals surface area contributed by atoms with Gasteiger partial charge in [0, 0.05) is 17.9 Å². The molecule has 108 valence electrons. The highest BCUT2D eigenvalue weighted by molar-refractivity contribution is 5.90. The molecule has 1 atom stereocenters. The zero-order valence-corrected chi connectivity index (χ0v) is 11.6.